The van der Waals surface area contributed by atoms with Crippen LogP contribution >= 0.6 is 0 Å². The number of aliphatic carboxylic acids is 1. The second-order valence-electron chi connectivity index (χ2n) is 4.89. The molecule has 19 heavy (non-hydrogen) atoms. The zero-order valence-electron chi connectivity index (χ0n) is 11.0. The Balaban J connectivity index is 2.57. The minimum Gasteiger partial charge on any atom is -0.480 e. The van der Waals surface area contributed by atoms with E-state index in [1.54, 1.807) is 0 Å². The third-order valence-corrected chi connectivity index (χ3v) is 2.62. The van der Waals surface area contributed by atoms with Crippen LogP contribution < -0.4 is 5.32 Å². The third-order valence-electron chi connectivity index (χ3n) is 2.62. The Morgan fingerprint density at radius 2 is 1.84 bits per heavy atom. The number of hydrogen-bond acceptors (Lipinski definition) is 2. The number of amides is 1. The first-order valence-electron chi connectivity index (χ1n) is 6.15. The standard InChI is InChI=1S/C14H18FNO3/c1-9(2)7-12(14(18)19)16-13(17)8-10-3-5-11(15)6-4-10/h3-6,9,12H,7-8H2,1-2H3,(H,16,17)(H,18,19)/t12-/m1/s1. The van der Waals surface area contributed by atoms with Crippen LogP contribution in [0.25, 0.3) is 0 Å². The maximum atomic E-state index is 12.7. The van der Waals surface area contributed by atoms with Crippen LogP contribution in [0.1, 0.15) is 25.8 Å². The lowest BCUT2D eigenvalue weighted by molar-refractivity contribution is -0.142. The molecular formula is C14H18FNO3. The summed E-state index contributed by atoms with van der Waals surface area (Å²) in [6, 6.07) is 4.67. The fourth-order valence-electron chi connectivity index (χ4n) is 1.73. The van der Waals surface area contributed by atoms with Gasteiger partial charge in [-0.1, -0.05) is 26.0 Å². The molecule has 5 heteroatoms. The molecule has 1 aromatic rings. The molecule has 4 nitrogen and oxygen atoms in total. The number of nitrogens with one attached hydrogen (secondary N) is 1. The molecule has 0 aromatic heterocycles. The highest BCUT2D eigenvalue weighted by Gasteiger charge is 2.20. The van der Waals surface area contributed by atoms with Crippen LogP contribution in [0.3, 0.4) is 0 Å². The van der Waals surface area contributed by atoms with Crippen LogP contribution in [0.2, 0.25) is 0 Å². The molecule has 0 aliphatic carbocycles. The highest BCUT2D eigenvalue weighted by Crippen LogP contribution is 2.07. The van der Waals surface area contributed by atoms with Crippen LogP contribution in [0.5, 0.6) is 0 Å². The van der Waals surface area contributed by atoms with Crippen molar-refractivity contribution in [2.75, 3.05) is 0 Å². The van der Waals surface area contributed by atoms with E-state index in [4.69, 9.17) is 5.11 Å². The Morgan fingerprint density at radius 3 is 2.32 bits per heavy atom. The van der Waals surface area contributed by atoms with E-state index < -0.39 is 12.0 Å². The van der Waals surface area contributed by atoms with E-state index in [-0.39, 0.29) is 24.1 Å². The lowest BCUT2D eigenvalue weighted by atomic mass is 10.0. The Bertz CT molecular complexity index is 443. The van der Waals surface area contributed by atoms with Gasteiger partial charge in [-0.3, -0.25) is 4.79 Å². The maximum absolute atomic E-state index is 12.7. The highest BCUT2D eigenvalue weighted by molar-refractivity contribution is 5.84. The van der Waals surface area contributed by atoms with Crippen LogP contribution in [-0.4, -0.2) is 23.0 Å². The molecule has 0 spiro atoms. The van der Waals surface area contributed by atoms with Crippen molar-refractivity contribution in [3.63, 3.8) is 0 Å². The van der Waals surface area contributed by atoms with E-state index in [1.807, 2.05) is 13.8 Å². The van der Waals surface area contributed by atoms with E-state index in [1.165, 1.54) is 24.3 Å². The van der Waals surface area contributed by atoms with Crippen molar-refractivity contribution in [1.82, 2.24) is 5.32 Å². The Hall–Kier alpha value is -1.91. The van der Waals surface area contributed by atoms with Crippen molar-refractivity contribution in [2.24, 2.45) is 5.92 Å². The van der Waals surface area contributed by atoms with Gasteiger partial charge in [0.1, 0.15) is 11.9 Å². The van der Waals surface area contributed by atoms with E-state index in [2.05, 4.69) is 5.32 Å². The minimum atomic E-state index is -1.04. The Kier molecular flexibility index (Phi) is 5.48. The predicted octanol–water partition coefficient (Wildman–Crippen LogP) is 1.98. The normalized spacial score (nSPS) is 12.2. The predicted molar refractivity (Wildman–Crippen MR) is 69.1 cm³/mol. The first-order chi connectivity index (χ1) is 8.88. The van der Waals surface area contributed by atoms with Gasteiger partial charge in [0.05, 0.1) is 6.42 Å². The van der Waals surface area contributed by atoms with Crippen LogP contribution in [0.4, 0.5) is 4.39 Å². The van der Waals surface area contributed by atoms with E-state index in [0.717, 1.165) is 0 Å². The van der Waals surface area contributed by atoms with Gasteiger partial charge in [0.2, 0.25) is 5.91 Å². The molecular weight excluding hydrogens is 249 g/mol. The van der Waals surface area contributed by atoms with Crippen molar-refractivity contribution in [3.05, 3.63) is 35.6 Å². The Morgan fingerprint density at radius 1 is 1.26 bits per heavy atom. The molecule has 0 radical (unpaired) electrons. The van der Waals surface area contributed by atoms with Gasteiger partial charge < -0.3 is 10.4 Å². The molecule has 0 fully saturated rings. The SMILES string of the molecule is CC(C)C[C@@H](NC(=O)Cc1ccc(F)cc1)C(=O)O. The van der Waals surface area contributed by atoms with E-state index in [9.17, 15) is 14.0 Å². The maximum Gasteiger partial charge on any atom is 0.326 e. The summed E-state index contributed by atoms with van der Waals surface area (Å²) in [5, 5.41) is 11.5. The largest absolute Gasteiger partial charge is 0.480 e. The molecule has 0 saturated carbocycles. The lowest BCUT2D eigenvalue weighted by Gasteiger charge is -2.16. The molecule has 0 bridgehead atoms. The highest BCUT2D eigenvalue weighted by atomic mass is 19.1. The number of carbonyl (C=O) groups excluding carboxylic acids is 1. The van der Waals surface area contributed by atoms with Gasteiger partial charge in [-0.15, -0.1) is 0 Å². The average Bonchev–Trinajstić information content (AvgIpc) is 2.30. The van der Waals surface area contributed by atoms with Crippen molar-refractivity contribution >= 4 is 11.9 Å². The molecule has 1 atom stereocenters. The molecule has 1 amide bonds. The van der Waals surface area contributed by atoms with Gasteiger partial charge in [0.15, 0.2) is 0 Å². The molecule has 0 aliphatic rings. The molecule has 1 aromatic carbocycles. The lowest BCUT2D eigenvalue weighted by Crippen LogP contribution is -2.42. The summed E-state index contributed by atoms with van der Waals surface area (Å²) >= 11 is 0. The second-order valence-corrected chi connectivity index (χ2v) is 4.89. The second kappa shape index (κ2) is 6.87. The summed E-state index contributed by atoms with van der Waals surface area (Å²) in [6.07, 6.45) is 0.423. The zero-order valence-corrected chi connectivity index (χ0v) is 11.0. The summed E-state index contributed by atoms with van der Waals surface area (Å²) in [5.41, 5.74) is 0.646. The van der Waals surface area contributed by atoms with Crippen molar-refractivity contribution in [1.29, 1.82) is 0 Å². The minimum absolute atomic E-state index is 0.0438. The van der Waals surface area contributed by atoms with Gasteiger partial charge >= 0.3 is 5.97 Å². The van der Waals surface area contributed by atoms with Gasteiger partial charge in [-0.05, 0) is 30.0 Å². The number of rotatable bonds is 6. The summed E-state index contributed by atoms with van der Waals surface area (Å²) < 4.78 is 12.7. The summed E-state index contributed by atoms with van der Waals surface area (Å²) in [5.74, 6) is -1.61. The number of carbonyl (C=O) groups is 2. The van der Waals surface area contributed by atoms with Crippen LogP contribution in [0.15, 0.2) is 24.3 Å². The average molecular weight is 267 g/mol. The fourth-order valence-corrected chi connectivity index (χ4v) is 1.73. The van der Waals surface area contributed by atoms with E-state index in [0.29, 0.717) is 12.0 Å². The number of hydrogen-bond donors (Lipinski definition) is 2. The third kappa shape index (κ3) is 5.50. The molecule has 104 valence electrons. The van der Waals surface area contributed by atoms with Crippen molar-refractivity contribution < 1.29 is 19.1 Å². The van der Waals surface area contributed by atoms with Crippen molar-refractivity contribution in [2.45, 2.75) is 32.7 Å². The quantitative estimate of drug-likeness (QED) is 0.828. The van der Waals surface area contributed by atoms with Gasteiger partial charge in [-0.25, -0.2) is 9.18 Å². The topological polar surface area (TPSA) is 66.4 Å². The smallest absolute Gasteiger partial charge is 0.326 e. The molecule has 1 rings (SSSR count). The fraction of sp³-hybridized carbons (Fsp3) is 0.429. The van der Waals surface area contributed by atoms with Crippen LogP contribution in [-0.2, 0) is 16.0 Å². The molecule has 0 unspecified atom stereocenters. The number of halogens is 1. The molecule has 0 saturated heterocycles. The number of carboxylic acid groups (broad SMARTS) is 1. The number of benzene rings is 1. The first kappa shape index (κ1) is 15.1. The molecule has 0 heterocycles. The van der Waals surface area contributed by atoms with Gasteiger partial charge in [0.25, 0.3) is 0 Å². The summed E-state index contributed by atoms with van der Waals surface area (Å²) in [7, 11) is 0. The van der Waals surface area contributed by atoms with Gasteiger partial charge in [-0.2, -0.15) is 0 Å². The molecule has 0 aliphatic heterocycles. The number of carboxylic acids is 1. The summed E-state index contributed by atoms with van der Waals surface area (Å²) in [6.45, 7) is 3.78. The first-order valence-corrected chi connectivity index (χ1v) is 6.15. The zero-order chi connectivity index (χ0) is 14.4. The molecule has 2 N–H and O–H groups in total. The van der Waals surface area contributed by atoms with E-state index >= 15 is 0 Å². The van der Waals surface area contributed by atoms with Crippen LogP contribution in [0, 0.1) is 11.7 Å². The van der Waals surface area contributed by atoms with Crippen molar-refractivity contribution in [3.8, 4) is 0 Å². The monoisotopic (exact) mass is 267 g/mol. The Labute approximate surface area is 111 Å². The van der Waals surface area contributed by atoms with Gasteiger partial charge in [0, 0.05) is 0 Å². The summed E-state index contributed by atoms with van der Waals surface area (Å²) in [4.78, 5) is 22.7.